The minimum atomic E-state index is -3.29. The molecule has 0 saturated carbocycles. The quantitative estimate of drug-likeness (QED) is 0.725. The second kappa shape index (κ2) is 8.61. The van der Waals surface area contributed by atoms with E-state index in [2.05, 4.69) is 9.88 Å². The number of carbonyl (C=O) groups is 1. The third-order valence-electron chi connectivity index (χ3n) is 6.15. The molecule has 1 N–H and O–H groups in total. The van der Waals surface area contributed by atoms with Gasteiger partial charge in [0.1, 0.15) is 11.5 Å². The molecule has 32 heavy (non-hydrogen) atoms. The molecule has 0 bridgehead atoms. The van der Waals surface area contributed by atoms with Crippen LogP contribution in [0.3, 0.4) is 0 Å². The number of carboxylic acid groups (broad SMARTS) is 1. The lowest BCUT2D eigenvalue weighted by Crippen LogP contribution is -2.56. The van der Waals surface area contributed by atoms with Crippen LogP contribution in [0.1, 0.15) is 17.0 Å². The normalized spacial score (nSPS) is 23.0. The number of rotatable bonds is 5. The van der Waals surface area contributed by atoms with E-state index in [1.165, 1.54) is 22.7 Å². The van der Waals surface area contributed by atoms with Gasteiger partial charge in [0.05, 0.1) is 12.4 Å². The Morgan fingerprint density at radius 1 is 1.06 bits per heavy atom. The molecular weight excluding hydrogens is 435 g/mol. The smallest absolute Gasteiger partial charge is 0.352 e. The zero-order valence-electron chi connectivity index (χ0n) is 17.8. The molecule has 4 rings (SSSR count). The van der Waals surface area contributed by atoms with E-state index >= 15 is 0 Å². The van der Waals surface area contributed by atoms with Crippen molar-refractivity contribution in [2.75, 3.05) is 39.5 Å². The van der Waals surface area contributed by atoms with Crippen molar-refractivity contribution in [3.8, 4) is 0 Å². The van der Waals surface area contributed by atoms with E-state index in [0.29, 0.717) is 37.3 Å². The largest absolute Gasteiger partial charge is 0.477 e. The molecule has 1 aromatic heterocycles. The van der Waals surface area contributed by atoms with Gasteiger partial charge in [0.2, 0.25) is 10.0 Å². The van der Waals surface area contributed by atoms with Crippen LogP contribution < -0.4 is 0 Å². The van der Waals surface area contributed by atoms with Crippen LogP contribution in [0.2, 0.25) is 0 Å². The molecule has 0 amide bonds. The molecule has 2 aliphatic heterocycles. The van der Waals surface area contributed by atoms with Crippen LogP contribution in [0.5, 0.6) is 0 Å². The summed E-state index contributed by atoms with van der Waals surface area (Å²) in [5.74, 6) is -1.81. The van der Waals surface area contributed by atoms with Crippen molar-refractivity contribution in [1.82, 2.24) is 19.1 Å². The molecule has 10 heteroatoms. The first-order valence-electron chi connectivity index (χ1n) is 10.2. The minimum Gasteiger partial charge on any atom is -0.477 e. The summed E-state index contributed by atoms with van der Waals surface area (Å²) >= 11 is 0. The molecule has 170 valence electrons. The number of aromatic nitrogens is 1. The number of nitrogens with zero attached hydrogens (tertiary/aromatic N) is 4. The van der Waals surface area contributed by atoms with Gasteiger partial charge in [-0.25, -0.2) is 17.6 Å². The van der Waals surface area contributed by atoms with E-state index in [1.54, 1.807) is 36.5 Å². The second-order valence-corrected chi connectivity index (χ2v) is 10.0. The molecule has 2 aliphatic rings. The topological polar surface area (TPSA) is 94.1 Å². The Morgan fingerprint density at radius 2 is 1.66 bits per heavy atom. The van der Waals surface area contributed by atoms with E-state index in [9.17, 15) is 22.7 Å². The fraction of sp³-hybridized carbons (Fsp3) is 0.364. The molecule has 2 unspecified atom stereocenters. The van der Waals surface area contributed by atoms with Gasteiger partial charge in [-0.2, -0.15) is 4.31 Å². The maximum atomic E-state index is 13.6. The van der Waals surface area contributed by atoms with Crippen LogP contribution in [0.25, 0.3) is 5.57 Å². The van der Waals surface area contributed by atoms with Crippen molar-refractivity contribution in [2.45, 2.75) is 12.1 Å². The summed E-state index contributed by atoms with van der Waals surface area (Å²) < 4.78 is 38.9. The van der Waals surface area contributed by atoms with Crippen LogP contribution in [-0.4, -0.2) is 84.2 Å². The molecule has 0 aliphatic carbocycles. The van der Waals surface area contributed by atoms with E-state index in [1.807, 2.05) is 12.1 Å². The molecule has 0 radical (unpaired) electrons. The molecule has 1 fully saturated rings. The number of likely N-dealkylation sites (N-methyl/N-ethyl adjacent to an activating group) is 1. The van der Waals surface area contributed by atoms with E-state index in [0.717, 1.165) is 5.56 Å². The Morgan fingerprint density at radius 3 is 2.19 bits per heavy atom. The number of carboxylic acids is 1. The van der Waals surface area contributed by atoms with Gasteiger partial charge in [0, 0.05) is 57.1 Å². The summed E-state index contributed by atoms with van der Waals surface area (Å²) in [5, 5.41) is 10.1. The standard InChI is InChI=1S/C22H25FN4O4S/c1-25-20(22(28)29)18(15-3-5-17(23)6-4-15)19(16-7-9-24-10-8-16)21(25)26-11-13-27(14-12-26)32(2,30)31/h3-10,19,21H,11-14H2,1-2H3,(H,28,29). The lowest BCUT2D eigenvalue weighted by Gasteiger charge is -2.42. The first-order chi connectivity index (χ1) is 15.2. The Kier molecular flexibility index (Phi) is 6.02. The number of aliphatic carboxylic acids is 1. The lowest BCUT2D eigenvalue weighted by molar-refractivity contribution is -0.134. The van der Waals surface area contributed by atoms with Gasteiger partial charge in [-0.3, -0.25) is 9.88 Å². The van der Waals surface area contributed by atoms with Crippen molar-refractivity contribution < 1.29 is 22.7 Å². The summed E-state index contributed by atoms with van der Waals surface area (Å²) in [6, 6.07) is 9.55. The number of hydrogen-bond acceptors (Lipinski definition) is 6. The van der Waals surface area contributed by atoms with Gasteiger partial charge in [-0.1, -0.05) is 12.1 Å². The Bertz CT molecular complexity index is 1130. The lowest BCUT2D eigenvalue weighted by atomic mass is 9.85. The average Bonchev–Trinajstić information content (AvgIpc) is 3.07. The zero-order valence-corrected chi connectivity index (χ0v) is 18.7. The maximum absolute atomic E-state index is 13.6. The highest BCUT2D eigenvalue weighted by atomic mass is 32.2. The molecule has 1 aromatic carbocycles. The molecule has 0 spiro atoms. The zero-order chi connectivity index (χ0) is 23.0. The number of pyridine rings is 1. The fourth-order valence-corrected chi connectivity index (χ4v) is 5.55. The highest BCUT2D eigenvalue weighted by Crippen LogP contribution is 2.47. The molecule has 3 heterocycles. The van der Waals surface area contributed by atoms with Gasteiger partial charge in [0.25, 0.3) is 0 Å². The molecule has 8 nitrogen and oxygen atoms in total. The summed E-state index contributed by atoms with van der Waals surface area (Å²) in [4.78, 5) is 20.3. The summed E-state index contributed by atoms with van der Waals surface area (Å²) in [7, 11) is -1.55. The van der Waals surface area contributed by atoms with E-state index < -0.39 is 21.8 Å². The second-order valence-electron chi connectivity index (χ2n) is 8.06. The van der Waals surface area contributed by atoms with Crippen molar-refractivity contribution in [1.29, 1.82) is 0 Å². The van der Waals surface area contributed by atoms with Gasteiger partial charge >= 0.3 is 5.97 Å². The number of benzene rings is 1. The molecule has 2 aromatic rings. The molecule has 1 saturated heterocycles. The molecular formula is C22H25FN4O4S. The van der Waals surface area contributed by atoms with Crippen LogP contribution >= 0.6 is 0 Å². The average molecular weight is 461 g/mol. The molecule has 2 atom stereocenters. The Balaban J connectivity index is 1.79. The van der Waals surface area contributed by atoms with Gasteiger partial charge in [-0.05, 0) is 35.4 Å². The van der Waals surface area contributed by atoms with Gasteiger partial charge in [0.15, 0.2) is 0 Å². The minimum absolute atomic E-state index is 0.147. The Labute approximate surface area is 186 Å². The number of sulfonamides is 1. The first kappa shape index (κ1) is 22.4. The van der Waals surface area contributed by atoms with Crippen LogP contribution in [0, 0.1) is 5.82 Å². The van der Waals surface area contributed by atoms with E-state index in [4.69, 9.17) is 0 Å². The van der Waals surface area contributed by atoms with Crippen molar-refractivity contribution in [3.63, 3.8) is 0 Å². The predicted molar refractivity (Wildman–Crippen MR) is 117 cm³/mol. The van der Waals surface area contributed by atoms with Gasteiger partial charge < -0.3 is 10.0 Å². The van der Waals surface area contributed by atoms with Crippen LogP contribution in [0.15, 0.2) is 54.5 Å². The van der Waals surface area contributed by atoms with Gasteiger partial charge in [-0.15, -0.1) is 0 Å². The summed E-state index contributed by atoms with van der Waals surface area (Å²) in [6.07, 6.45) is 4.18. The van der Waals surface area contributed by atoms with Crippen LogP contribution in [0.4, 0.5) is 4.39 Å². The van der Waals surface area contributed by atoms with Crippen LogP contribution in [-0.2, 0) is 14.8 Å². The van der Waals surface area contributed by atoms with Crippen molar-refractivity contribution in [3.05, 3.63) is 71.4 Å². The third-order valence-corrected chi connectivity index (χ3v) is 7.46. The monoisotopic (exact) mass is 460 g/mol. The Hall–Kier alpha value is -2.82. The predicted octanol–water partition coefficient (Wildman–Crippen LogP) is 1.65. The summed E-state index contributed by atoms with van der Waals surface area (Å²) in [6.45, 7) is 1.60. The first-order valence-corrected chi connectivity index (χ1v) is 12.1. The highest BCUT2D eigenvalue weighted by molar-refractivity contribution is 7.88. The maximum Gasteiger partial charge on any atom is 0.352 e. The summed E-state index contributed by atoms with van der Waals surface area (Å²) in [5.41, 5.74) is 2.27. The van der Waals surface area contributed by atoms with Crippen molar-refractivity contribution in [2.24, 2.45) is 0 Å². The fourth-order valence-electron chi connectivity index (χ4n) is 4.72. The highest BCUT2D eigenvalue weighted by Gasteiger charge is 2.46. The van der Waals surface area contributed by atoms with Crippen molar-refractivity contribution >= 4 is 21.6 Å². The van der Waals surface area contributed by atoms with E-state index in [-0.39, 0.29) is 17.8 Å². The number of hydrogen-bond donors (Lipinski definition) is 1. The third kappa shape index (κ3) is 4.13. The number of piperazine rings is 1. The SMILES string of the molecule is CN1C(C(=O)O)=C(c2ccc(F)cc2)C(c2ccncc2)C1N1CCN(S(C)(=O)=O)CC1. The number of halogens is 1.